The molecule has 0 atom stereocenters. The fourth-order valence-corrected chi connectivity index (χ4v) is 3.02. The fraction of sp³-hybridized carbons (Fsp3) is 0.312. The van der Waals surface area contributed by atoms with Gasteiger partial charge in [0.05, 0.1) is 22.3 Å². The number of hydrogen-bond donors (Lipinski definition) is 3. The van der Waals surface area contributed by atoms with E-state index in [4.69, 9.17) is 4.52 Å². The van der Waals surface area contributed by atoms with Gasteiger partial charge in [-0.25, -0.2) is 4.79 Å². The first-order valence-electron chi connectivity index (χ1n) is 7.39. The number of carbonyl (C=O) groups is 1. The maximum absolute atomic E-state index is 12.6. The molecule has 8 heteroatoms. The van der Waals surface area contributed by atoms with Crippen LogP contribution in [0.3, 0.4) is 0 Å². The Bertz CT molecular complexity index is 962. The number of fused-ring (bicyclic) bond motifs is 1. The second-order valence-corrected chi connectivity index (χ2v) is 7.49. The normalized spacial score (nSPS) is 11.8. The average molecular weight is 393 g/mol. The lowest BCUT2D eigenvalue weighted by Gasteiger charge is -2.16. The summed E-state index contributed by atoms with van der Waals surface area (Å²) in [6, 6.07) is 3.40. The van der Waals surface area contributed by atoms with E-state index in [1.54, 1.807) is 12.1 Å². The number of benzene rings is 1. The van der Waals surface area contributed by atoms with Crippen molar-refractivity contribution in [2.75, 3.05) is 0 Å². The Labute approximate surface area is 145 Å². The van der Waals surface area contributed by atoms with Crippen LogP contribution in [0.5, 0.6) is 0 Å². The molecule has 126 valence electrons. The van der Waals surface area contributed by atoms with E-state index >= 15 is 0 Å². The third kappa shape index (κ3) is 3.14. The van der Waals surface area contributed by atoms with E-state index in [0.29, 0.717) is 21.1 Å². The maximum atomic E-state index is 12.6. The zero-order valence-electron chi connectivity index (χ0n) is 13.5. The van der Waals surface area contributed by atoms with Gasteiger partial charge in [0.25, 0.3) is 5.91 Å². The maximum Gasteiger partial charge on any atom is 0.323 e. The molecule has 0 aliphatic carbocycles. The first-order valence-corrected chi connectivity index (χ1v) is 8.18. The smallest absolute Gasteiger partial charge is 0.323 e. The summed E-state index contributed by atoms with van der Waals surface area (Å²) in [7, 11) is 0. The van der Waals surface area contributed by atoms with Crippen LogP contribution in [0.25, 0.3) is 11.0 Å². The van der Waals surface area contributed by atoms with Gasteiger partial charge >= 0.3 is 5.69 Å². The van der Waals surface area contributed by atoms with Crippen molar-refractivity contribution in [3.05, 3.63) is 50.2 Å². The SMILES string of the molecule is CC(C)(C)c1nocc1CNC(=O)c1cc(Br)cc2[nH]c(=O)[nH]c12. The van der Waals surface area contributed by atoms with Crippen LogP contribution in [0.4, 0.5) is 0 Å². The number of carbonyl (C=O) groups excluding carboxylic acids is 1. The lowest BCUT2D eigenvalue weighted by molar-refractivity contribution is 0.0952. The van der Waals surface area contributed by atoms with Crippen LogP contribution in [-0.4, -0.2) is 21.0 Å². The first-order chi connectivity index (χ1) is 11.3. The van der Waals surface area contributed by atoms with Crippen molar-refractivity contribution < 1.29 is 9.32 Å². The van der Waals surface area contributed by atoms with E-state index in [-0.39, 0.29) is 23.6 Å². The van der Waals surface area contributed by atoms with Gasteiger partial charge in [0.2, 0.25) is 0 Å². The van der Waals surface area contributed by atoms with Crippen LogP contribution >= 0.6 is 15.9 Å². The van der Waals surface area contributed by atoms with Gasteiger partial charge in [-0.2, -0.15) is 0 Å². The number of imidazole rings is 1. The number of aromatic nitrogens is 3. The highest BCUT2D eigenvalue weighted by Crippen LogP contribution is 2.25. The zero-order chi connectivity index (χ0) is 17.5. The Hall–Kier alpha value is -2.35. The highest BCUT2D eigenvalue weighted by atomic mass is 79.9. The molecule has 0 unspecified atom stereocenters. The van der Waals surface area contributed by atoms with Gasteiger partial charge in [0.15, 0.2) is 0 Å². The number of H-pyrrole nitrogens is 2. The number of rotatable bonds is 3. The second-order valence-electron chi connectivity index (χ2n) is 6.58. The summed E-state index contributed by atoms with van der Waals surface area (Å²) in [5, 5.41) is 6.87. The molecule has 3 rings (SSSR count). The van der Waals surface area contributed by atoms with E-state index in [0.717, 1.165) is 11.3 Å². The average Bonchev–Trinajstić information content (AvgIpc) is 3.08. The summed E-state index contributed by atoms with van der Waals surface area (Å²) in [5.41, 5.74) is 2.52. The number of nitrogens with zero attached hydrogens (tertiary/aromatic N) is 1. The summed E-state index contributed by atoms with van der Waals surface area (Å²) >= 11 is 3.35. The Balaban J connectivity index is 1.87. The van der Waals surface area contributed by atoms with Crippen LogP contribution in [-0.2, 0) is 12.0 Å². The number of halogens is 1. The molecule has 3 N–H and O–H groups in total. The second kappa shape index (κ2) is 5.94. The van der Waals surface area contributed by atoms with Crippen molar-refractivity contribution >= 4 is 32.9 Å². The molecule has 2 heterocycles. The summed E-state index contributed by atoms with van der Waals surface area (Å²) in [6.07, 6.45) is 1.54. The molecule has 0 fully saturated rings. The zero-order valence-corrected chi connectivity index (χ0v) is 15.1. The van der Waals surface area contributed by atoms with Crippen molar-refractivity contribution in [3.8, 4) is 0 Å². The van der Waals surface area contributed by atoms with Crippen LogP contribution < -0.4 is 11.0 Å². The number of hydrogen-bond acceptors (Lipinski definition) is 4. The molecule has 0 radical (unpaired) electrons. The Kier molecular flexibility index (Phi) is 4.08. The lowest BCUT2D eigenvalue weighted by atomic mass is 9.89. The Morgan fingerprint density at radius 3 is 2.79 bits per heavy atom. The number of amides is 1. The molecular formula is C16H17BrN4O3. The van der Waals surface area contributed by atoms with E-state index in [1.165, 1.54) is 6.26 Å². The predicted octanol–water partition coefficient (Wildman–Crippen LogP) is 2.83. The van der Waals surface area contributed by atoms with Crippen LogP contribution in [0, 0.1) is 0 Å². The summed E-state index contributed by atoms with van der Waals surface area (Å²) in [4.78, 5) is 29.3. The molecule has 2 aromatic heterocycles. The molecule has 0 bridgehead atoms. The molecule has 24 heavy (non-hydrogen) atoms. The van der Waals surface area contributed by atoms with E-state index in [1.807, 2.05) is 20.8 Å². The van der Waals surface area contributed by atoms with Crippen LogP contribution in [0.1, 0.15) is 42.4 Å². The lowest BCUT2D eigenvalue weighted by Crippen LogP contribution is -2.25. The number of nitrogens with one attached hydrogen (secondary N) is 3. The molecule has 1 amide bonds. The molecule has 7 nitrogen and oxygen atoms in total. The monoisotopic (exact) mass is 392 g/mol. The minimum Gasteiger partial charge on any atom is -0.364 e. The highest BCUT2D eigenvalue weighted by molar-refractivity contribution is 9.10. The molecule has 3 aromatic rings. The van der Waals surface area contributed by atoms with Crippen molar-refractivity contribution in [1.29, 1.82) is 0 Å². The van der Waals surface area contributed by atoms with Crippen molar-refractivity contribution in [2.45, 2.75) is 32.7 Å². The topological polar surface area (TPSA) is 104 Å². The van der Waals surface area contributed by atoms with Gasteiger partial charge in [0, 0.05) is 22.0 Å². The van der Waals surface area contributed by atoms with Gasteiger partial charge < -0.3 is 19.8 Å². The van der Waals surface area contributed by atoms with Gasteiger partial charge in [0.1, 0.15) is 6.26 Å². The molecular weight excluding hydrogens is 376 g/mol. The molecule has 0 saturated carbocycles. The van der Waals surface area contributed by atoms with Gasteiger partial charge in [-0.15, -0.1) is 0 Å². The van der Waals surface area contributed by atoms with Crippen molar-refractivity contribution in [1.82, 2.24) is 20.4 Å². The van der Waals surface area contributed by atoms with E-state index in [2.05, 4.69) is 36.4 Å². The van der Waals surface area contributed by atoms with Gasteiger partial charge in [-0.05, 0) is 12.1 Å². The predicted molar refractivity (Wildman–Crippen MR) is 93.0 cm³/mol. The summed E-state index contributed by atoms with van der Waals surface area (Å²) in [6.45, 7) is 6.37. The van der Waals surface area contributed by atoms with Crippen molar-refractivity contribution in [2.24, 2.45) is 0 Å². The van der Waals surface area contributed by atoms with E-state index in [9.17, 15) is 9.59 Å². The largest absolute Gasteiger partial charge is 0.364 e. The third-order valence-electron chi connectivity index (χ3n) is 3.63. The highest BCUT2D eigenvalue weighted by Gasteiger charge is 2.23. The van der Waals surface area contributed by atoms with Crippen LogP contribution in [0.15, 0.2) is 32.2 Å². The summed E-state index contributed by atoms with van der Waals surface area (Å²) < 4.78 is 5.75. The van der Waals surface area contributed by atoms with Crippen molar-refractivity contribution in [3.63, 3.8) is 0 Å². The minimum absolute atomic E-state index is 0.179. The minimum atomic E-state index is -0.355. The van der Waals surface area contributed by atoms with E-state index < -0.39 is 0 Å². The molecule has 0 aliphatic rings. The quantitative estimate of drug-likeness (QED) is 0.637. The molecule has 0 spiro atoms. The Morgan fingerprint density at radius 1 is 1.33 bits per heavy atom. The first kappa shape index (κ1) is 16.5. The third-order valence-corrected chi connectivity index (χ3v) is 4.09. The van der Waals surface area contributed by atoms with Crippen LogP contribution in [0.2, 0.25) is 0 Å². The summed E-state index contributed by atoms with van der Waals surface area (Å²) in [5.74, 6) is -0.294. The molecule has 0 aliphatic heterocycles. The fourth-order valence-electron chi connectivity index (χ4n) is 2.56. The van der Waals surface area contributed by atoms with Gasteiger partial charge in [-0.3, -0.25) is 4.79 Å². The van der Waals surface area contributed by atoms with Gasteiger partial charge in [-0.1, -0.05) is 41.9 Å². The number of aromatic amines is 2. The Morgan fingerprint density at radius 2 is 2.08 bits per heavy atom. The molecule has 0 saturated heterocycles. The molecule has 1 aromatic carbocycles. The standard InChI is InChI=1S/C16H17BrN4O3/c1-16(2,3)13-8(7-24-21-13)6-18-14(22)10-4-9(17)5-11-12(10)20-15(23)19-11/h4-5,7H,6H2,1-3H3,(H,18,22)(H2,19,20,23).